The van der Waals surface area contributed by atoms with E-state index in [-0.39, 0.29) is 11.7 Å². The average molecular weight is 350 g/mol. The highest BCUT2D eigenvalue weighted by molar-refractivity contribution is 7.99. The van der Waals surface area contributed by atoms with E-state index in [1.165, 1.54) is 37.4 Å². The third-order valence-electron chi connectivity index (χ3n) is 3.91. The molecule has 23 heavy (non-hydrogen) atoms. The Kier molecular flexibility index (Phi) is 3.98. The van der Waals surface area contributed by atoms with Crippen LogP contribution in [0.4, 0.5) is 5.69 Å². The maximum absolute atomic E-state index is 12.1. The molecule has 0 radical (unpaired) electrons. The first-order valence-electron chi connectivity index (χ1n) is 7.70. The molecule has 1 amide bonds. The third-order valence-corrected chi connectivity index (χ3v) is 5.16. The van der Waals surface area contributed by atoms with Gasteiger partial charge in [0.2, 0.25) is 5.91 Å². The van der Waals surface area contributed by atoms with E-state index in [2.05, 4.69) is 25.1 Å². The second kappa shape index (κ2) is 6.13. The summed E-state index contributed by atoms with van der Waals surface area (Å²) in [5.41, 5.74) is 0.530. The smallest absolute Gasteiger partial charge is 0.234 e. The maximum Gasteiger partial charge on any atom is 0.234 e. The van der Waals surface area contributed by atoms with E-state index in [0.29, 0.717) is 22.8 Å². The van der Waals surface area contributed by atoms with Gasteiger partial charge in [-0.2, -0.15) is 0 Å². The van der Waals surface area contributed by atoms with Crippen molar-refractivity contribution in [3.8, 4) is 0 Å². The van der Waals surface area contributed by atoms with Crippen LogP contribution in [-0.2, 0) is 4.79 Å². The van der Waals surface area contributed by atoms with Crippen LogP contribution in [0.1, 0.15) is 43.5 Å². The van der Waals surface area contributed by atoms with Crippen LogP contribution < -0.4 is 5.32 Å². The average Bonchev–Trinajstić information content (AvgIpc) is 3.46. The zero-order valence-electron chi connectivity index (χ0n) is 12.4. The molecule has 2 heterocycles. The lowest BCUT2D eigenvalue weighted by Crippen LogP contribution is -2.15. The van der Waals surface area contributed by atoms with E-state index in [4.69, 9.17) is 11.6 Å². The minimum Gasteiger partial charge on any atom is -0.323 e. The topological polar surface area (TPSA) is 72.7 Å². The summed E-state index contributed by atoms with van der Waals surface area (Å²) in [6.45, 7) is 0. The monoisotopic (exact) mass is 349 g/mol. The fourth-order valence-corrected chi connectivity index (χ4v) is 3.46. The predicted octanol–water partition coefficient (Wildman–Crippen LogP) is 3.27. The van der Waals surface area contributed by atoms with Gasteiger partial charge in [0.1, 0.15) is 5.82 Å². The number of thioether (sulfide) groups is 1. The molecule has 8 heteroatoms. The lowest BCUT2D eigenvalue weighted by molar-refractivity contribution is -0.113. The third kappa shape index (κ3) is 3.35. The molecule has 0 bridgehead atoms. The van der Waals surface area contributed by atoms with Crippen molar-refractivity contribution in [2.24, 2.45) is 0 Å². The molecule has 6 nitrogen and oxygen atoms in total. The van der Waals surface area contributed by atoms with Crippen LogP contribution in [0.3, 0.4) is 0 Å². The van der Waals surface area contributed by atoms with Crippen LogP contribution in [0.5, 0.6) is 0 Å². The van der Waals surface area contributed by atoms with Crippen molar-refractivity contribution in [3.05, 3.63) is 29.3 Å². The Bertz CT molecular complexity index is 741. The molecule has 0 atom stereocenters. The number of pyridine rings is 1. The van der Waals surface area contributed by atoms with Crippen molar-refractivity contribution in [1.82, 2.24) is 19.7 Å². The molecule has 0 spiro atoms. The van der Waals surface area contributed by atoms with Gasteiger partial charge in [0.25, 0.3) is 0 Å². The number of halogens is 1. The summed E-state index contributed by atoms with van der Waals surface area (Å²) in [7, 11) is 0. The summed E-state index contributed by atoms with van der Waals surface area (Å²) in [5, 5.41) is 12.6. The lowest BCUT2D eigenvalue weighted by atomic mass is 10.4. The number of amides is 1. The van der Waals surface area contributed by atoms with Crippen LogP contribution in [0.25, 0.3) is 0 Å². The molecule has 0 aliphatic heterocycles. The number of nitrogens with one attached hydrogen (secondary N) is 1. The number of hydrogen-bond donors (Lipinski definition) is 1. The van der Waals surface area contributed by atoms with Crippen LogP contribution in [-0.4, -0.2) is 31.4 Å². The summed E-state index contributed by atoms with van der Waals surface area (Å²) in [5.74, 6) is 1.83. The van der Waals surface area contributed by atoms with Gasteiger partial charge >= 0.3 is 0 Å². The van der Waals surface area contributed by atoms with Gasteiger partial charge in [-0.05, 0) is 37.8 Å². The van der Waals surface area contributed by atoms with Gasteiger partial charge in [-0.25, -0.2) is 4.98 Å². The van der Waals surface area contributed by atoms with Crippen molar-refractivity contribution in [1.29, 1.82) is 0 Å². The Labute approximate surface area is 143 Å². The Balaban J connectivity index is 1.41. The van der Waals surface area contributed by atoms with Crippen LogP contribution >= 0.6 is 23.4 Å². The first-order valence-corrected chi connectivity index (χ1v) is 9.06. The van der Waals surface area contributed by atoms with Crippen molar-refractivity contribution in [2.45, 2.75) is 42.8 Å². The molecule has 2 saturated carbocycles. The Morgan fingerprint density at radius 1 is 1.35 bits per heavy atom. The highest BCUT2D eigenvalue weighted by atomic mass is 35.5. The molecule has 2 fully saturated rings. The molecule has 2 aliphatic carbocycles. The Hall–Kier alpha value is -1.60. The predicted molar refractivity (Wildman–Crippen MR) is 88.9 cm³/mol. The second-order valence-corrected chi connectivity index (χ2v) is 7.20. The molecule has 2 aromatic rings. The SMILES string of the molecule is O=C(CSc1nnc(C2CC2)n1C1CC1)Nc1cccnc1Cl. The van der Waals surface area contributed by atoms with E-state index in [1.54, 1.807) is 18.3 Å². The van der Waals surface area contributed by atoms with Gasteiger partial charge in [0.15, 0.2) is 10.3 Å². The standard InChI is InChI=1S/C15H16ClN5OS/c16-13-11(2-1-7-17-13)18-12(22)8-23-15-20-19-14(9-3-4-9)21(15)10-5-6-10/h1-2,7,9-10H,3-6,8H2,(H,18,22). The van der Waals surface area contributed by atoms with E-state index >= 15 is 0 Å². The summed E-state index contributed by atoms with van der Waals surface area (Å²) >= 11 is 7.37. The van der Waals surface area contributed by atoms with Crippen molar-refractivity contribution < 1.29 is 4.79 Å². The fraction of sp³-hybridized carbons (Fsp3) is 0.467. The van der Waals surface area contributed by atoms with Gasteiger partial charge in [-0.15, -0.1) is 10.2 Å². The first-order chi connectivity index (χ1) is 11.2. The van der Waals surface area contributed by atoms with Gasteiger partial charge in [0.05, 0.1) is 11.4 Å². The molecule has 2 aromatic heterocycles. The largest absolute Gasteiger partial charge is 0.323 e. The molecular formula is C15H16ClN5OS. The van der Waals surface area contributed by atoms with Crippen LogP contribution in [0.2, 0.25) is 5.15 Å². The molecule has 0 unspecified atom stereocenters. The van der Waals surface area contributed by atoms with E-state index in [9.17, 15) is 4.79 Å². The normalized spacial score (nSPS) is 17.3. The molecule has 0 saturated heterocycles. The molecule has 0 aromatic carbocycles. The molecule has 1 N–H and O–H groups in total. The van der Waals surface area contributed by atoms with E-state index in [1.807, 2.05) is 0 Å². The lowest BCUT2D eigenvalue weighted by Gasteiger charge is -2.08. The van der Waals surface area contributed by atoms with Gasteiger partial charge in [-0.1, -0.05) is 23.4 Å². The number of hydrogen-bond acceptors (Lipinski definition) is 5. The highest BCUT2D eigenvalue weighted by Gasteiger charge is 2.36. The number of aromatic nitrogens is 4. The van der Waals surface area contributed by atoms with E-state index in [0.717, 1.165) is 11.0 Å². The van der Waals surface area contributed by atoms with Crippen molar-refractivity contribution in [2.75, 3.05) is 11.1 Å². The summed E-state index contributed by atoms with van der Waals surface area (Å²) in [6, 6.07) is 4.00. The minimum atomic E-state index is -0.122. The zero-order valence-corrected chi connectivity index (χ0v) is 14.0. The maximum atomic E-state index is 12.1. The first kappa shape index (κ1) is 15.0. The number of anilines is 1. The highest BCUT2D eigenvalue weighted by Crippen LogP contribution is 2.45. The summed E-state index contributed by atoms with van der Waals surface area (Å²) in [4.78, 5) is 16.1. The molecule has 4 rings (SSSR count). The number of rotatable bonds is 6. The quantitative estimate of drug-likeness (QED) is 0.640. The molecule has 120 valence electrons. The Morgan fingerprint density at radius 2 is 2.17 bits per heavy atom. The van der Waals surface area contributed by atoms with Crippen LogP contribution in [0.15, 0.2) is 23.5 Å². The fourth-order valence-electron chi connectivity index (χ4n) is 2.48. The minimum absolute atomic E-state index is 0.122. The van der Waals surface area contributed by atoms with Crippen molar-refractivity contribution in [3.63, 3.8) is 0 Å². The summed E-state index contributed by atoms with van der Waals surface area (Å²) in [6.07, 6.45) is 6.36. The van der Waals surface area contributed by atoms with Gasteiger partial charge in [0, 0.05) is 18.2 Å². The Morgan fingerprint density at radius 3 is 2.87 bits per heavy atom. The van der Waals surface area contributed by atoms with E-state index < -0.39 is 0 Å². The summed E-state index contributed by atoms with van der Waals surface area (Å²) < 4.78 is 2.24. The van der Waals surface area contributed by atoms with Gasteiger partial charge in [-0.3, -0.25) is 4.79 Å². The zero-order chi connectivity index (χ0) is 15.8. The number of nitrogens with zero attached hydrogens (tertiary/aromatic N) is 4. The molecule has 2 aliphatic rings. The molecular weight excluding hydrogens is 334 g/mol. The number of carbonyl (C=O) groups excluding carboxylic acids is 1. The van der Waals surface area contributed by atoms with Crippen molar-refractivity contribution >= 4 is 35.0 Å². The number of carbonyl (C=O) groups is 1. The van der Waals surface area contributed by atoms with Gasteiger partial charge < -0.3 is 9.88 Å². The van der Waals surface area contributed by atoms with Crippen LogP contribution in [0, 0.1) is 0 Å². The second-order valence-electron chi connectivity index (χ2n) is 5.89.